The summed E-state index contributed by atoms with van der Waals surface area (Å²) in [5.41, 5.74) is 1.14. The quantitative estimate of drug-likeness (QED) is 0.496. The lowest BCUT2D eigenvalue weighted by atomic mass is 10.1. The van der Waals surface area contributed by atoms with E-state index in [0.717, 1.165) is 16.3 Å². The summed E-state index contributed by atoms with van der Waals surface area (Å²) in [4.78, 5) is 23.0. The van der Waals surface area contributed by atoms with E-state index in [1.807, 2.05) is 41.3 Å². The van der Waals surface area contributed by atoms with Crippen LogP contribution in [0.2, 0.25) is 0 Å². The fourth-order valence-electron chi connectivity index (χ4n) is 3.50. The summed E-state index contributed by atoms with van der Waals surface area (Å²) in [6, 6.07) is 13.6. The average Bonchev–Trinajstić information content (AvgIpc) is 2.79. The van der Waals surface area contributed by atoms with Gasteiger partial charge in [0.1, 0.15) is 12.4 Å². The van der Waals surface area contributed by atoms with Crippen LogP contribution >= 0.6 is 0 Å². The Balaban J connectivity index is 1.62. The van der Waals surface area contributed by atoms with Gasteiger partial charge in [-0.1, -0.05) is 30.3 Å². The molecule has 0 aliphatic carbocycles. The Hall–Kier alpha value is -3.45. The Morgan fingerprint density at radius 1 is 1.03 bits per heavy atom. The van der Waals surface area contributed by atoms with Crippen molar-refractivity contribution in [1.29, 1.82) is 0 Å². The second-order valence-corrected chi connectivity index (χ2v) is 6.85. The van der Waals surface area contributed by atoms with Gasteiger partial charge >= 0.3 is 6.01 Å². The molecule has 2 aromatic carbocycles. The molecule has 1 aliphatic rings. The summed E-state index contributed by atoms with van der Waals surface area (Å²) in [7, 11) is 0. The van der Waals surface area contributed by atoms with Crippen molar-refractivity contribution in [2.24, 2.45) is 0 Å². The molecule has 7 heteroatoms. The Morgan fingerprint density at radius 2 is 1.86 bits per heavy atom. The van der Waals surface area contributed by atoms with Crippen LogP contribution in [0, 0.1) is 0 Å². The summed E-state index contributed by atoms with van der Waals surface area (Å²) in [5.74, 6) is 0.616. The van der Waals surface area contributed by atoms with Gasteiger partial charge in [-0.15, -0.1) is 0 Å². The number of aromatic nitrogens is 2. The van der Waals surface area contributed by atoms with E-state index < -0.39 is 0 Å². The normalized spacial score (nSPS) is 14.4. The molecule has 0 atom stereocenters. The largest absolute Gasteiger partial charge is 0.488 e. The van der Waals surface area contributed by atoms with Crippen LogP contribution in [0.5, 0.6) is 5.75 Å². The zero-order chi connectivity index (χ0) is 19.6. The van der Waals surface area contributed by atoms with Crippen LogP contribution in [0.3, 0.4) is 0 Å². The maximum Gasteiger partial charge on any atom is 0.301 e. The van der Waals surface area contributed by atoms with Gasteiger partial charge in [-0.2, -0.15) is 4.98 Å². The van der Waals surface area contributed by atoms with E-state index in [0.29, 0.717) is 55.6 Å². The number of pyridine rings is 1. The first-order chi connectivity index (χ1) is 14.3. The summed E-state index contributed by atoms with van der Waals surface area (Å²) in [6.07, 6.45) is 3.48. The van der Waals surface area contributed by atoms with Gasteiger partial charge in [0.15, 0.2) is 5.58 Å². The van der Waals surface area contributed by atoms with Gasteiger partial charge in [0, 0.05) is 41.8 Å². The maximum absolute atomic E-state index is 12.8. The van der Waals surface area contributed by atoms with Crippen LogP contribution in [0.25, 0.3) is 21.7 Å². The van der Waals surface area contributed by atoms with E-state index in [1.165, 1.54) is 0 Å². The number of morpholine rings is 1. The van der Waals surface area contributed by atoms with Crippen molar-refractivity contribution in [2.75, 3.05) is 31.2 Å². The highest BCUT2D eigenvalue weighted by molar-refractivity contribution is 6.07. The van der Waals surface area contributed by atoms with Crippen LogP contribution in [0.1, 0.15) is 5.56 Å². The molecule has 0 bridgehead atoms. The number of hydrogen-bond donors (Lipinski definition) is 0. The highest BCUT2D eigenvalue weighted by Crippen LogP contribution is 2.33. The maximum atomic E-state index is 12.8. The van der Waals surface area contributed by atoms with Crippen molar-refractivity contribution < 1.29 is 13.9 Å². The van der Waals surface area contributed by atoms with Crippen LogP contribution in [-0.4, -0.2) is 36.3 Å². The minimum atomic E-state index is -0.329. The lowest BCUT2D eigenvalue weighted by molar-refractivity contribution is 0.120. The van der Waals surface area contributed by atoms with E-state index in [2.05, 4.69) is 9.97 Å². The molecule has 2 aromatic heterocycles. The smallest absolute Gasteiger partial charge is 0.301 e. The number of ether oxygens (including phenoxy) is 2. The molecule has 0 N–H and O–H groups in total. The Labute approximate surface area is 166 Å². The molecule has 146 valence electrons. The van der Waals surface area contributed by atoms with E-state index in [4.69, 9.17) is 13.9 Å². The van der Waals surface area contributed by atoms with Crippen molar-refractivity contribution in [3.8, 4) is 5.75 Å². The zero-order valence-electron chi connectivity index (χ0n) is 15.7. The Morgan fingerprint density at radius 3 is 2.66 bits per heavy atom. The Kier molecular flexibility index (Phi) is 4.57. The molecule has 1 aliphatic heterocycles. The monoisotopic (exact) mass is 389 g/mol. The summed E-state index contributed by atoms with van der Waals surface area (Å²) >= 11 is 0. The van der Waals surface area contributed by atoms with Crippen molar-refractivity contribution >= 4 is 27.8 Å². The molecular formula is C22H19N3O4. The molecule has 1 fully saturated rings. The molecule has 0 radical (unpaired) electrons. The van der Waals surface area contributed by atoms with Crippen LogP contribution in [0.4, 0.5) is 6.01 Å². The van der Waals surface area contributed by atoms with Gasteiger partial charge in [0.05, 0.1) is 18.6 Å². The highest BCUT2D eigenvalue weighted by Gasteiger charge is 2.19. The van der Waals surface area contributed by atoms with Gasteiger partial charge in [-0.05, 0) is 12.1 Å². The molecular weight excluding hydrogens is 370 g/mol. The molecule has 0 unspecified atom stereocenters. The van der Waals surface area contributed by atoms with Gasteiger partial charge in [0.25, 0.3) is 5.56 Å². The SMILES string of the molecule is O=c1nc(N2CCOCC2)oc2c1cc(OCc1cccnc1)c1ccccc12. The molecule has 0 saturated carbocycles. The number of hydrogen-bond acceptors (Lipinski definition) is 7. The van der Waals surface area contributed by atoms with Crippen LogP contribution in [-0.2, 0) is 11.3 Å². The molecule has 1 saturated heterocycles. The molecule has 29 heavy (non-hydrogen) atoms. The fraction of sp³-hybridized carbons (Fsp3) is 0.227. The minimum absolute atomic E-state index is 0.329. The lowest BCUT2D eigenvalue weighted by Crippen LogP contribution is -2.37. The number of anilines is 1. The van der Waals surface area contributed by atoms with E-state index in [1.54, 1.807) is 18.5 Å². The van der Waals surface area contributed by atoms with Gasteiger partial charge in [0.2, 0.25) is 0 Å². The van der Waals surface area contributed by atoms with Gasteiger partial charge < -0.3 is 18.8 Å². The summed E-state index contributed by atoms with van der Waals surface area (Å²) in [5, 5.41) is 2.10. The zero-order valence-corrected chi connectivity index (χ0v) is 15.7. The van der Waals surface area contributed by atoms with Crippen molar-refractivity contribution in [3.05, 3.63) is 70.8 Å². The Bertz CT molecular complexity index is 1220. The number of rotatable bonds is 4. The first-order valence-electron chi connectivity index (χ1n) is 9.50. The summed E-state index contributed by atoms with van der Waals surface area (Å²) in [6.45, 7) is 2.82. The molecule has 3 heterocycles. The van der Waals surface area contributed by atoms with Crippen molar-refractivity contribution in [2.45, 2.75) is 6.61 Å². The topological polar surface area (TPSA) is 77.7 Å². The first-order valence-corrected chi connectivity index (χ1v) is 9.50. The predicted molar refractivity (Wildman–Crippen MR) is 109 cm³/mol. The van der Waals surface area contributed by atoms with E-state index in [-0.39, 0.29) is 5.56 Å². The van der Waals surface area contributed by atoms with Crippen LogP contribution in [0.15, 0.2) is 64.1 Å². The molecule has 5 rings (SSSR count). The molecule has 0 amide bonds. The van der Waals surface area contributed by atoms with Gasteiger partial charge in [-0.3, -0.25) is 9.78 Å². The lowest BCUT2D eigenvalue weighted by Gasteiger charge is -2.26. The van der Waals surface area contributed by atoms with Crippen molar-refractivity contribution in [3.63, 3.8) is 0 Å². The van der Waals surface area contributed by atoms with E-state index in [9.17, 15) is 4.79 Å². The standard InChI is InChI=1S/C22H19N3O4/c26-21-18-12-19(28-14-15-4-3-7-23-13-15)16-5-1-2-6-17(16)20(18)29-22(24-21)25-8-10-27-11-9-25/h1-7,12-13H,8-11,14H2. The third kappa shape index (κ3) is 3.40. The van der Waals surface area contributed by atoms with Crippen molar-refractivity contribution in [1.82, 2.24) is 9.97 Å². The minimum Gasteiger partial charge on any atom is -0.488 e. The number of fused-ring (bicyclic) bond motifs is 3. The molecule has 7 nitrogen and oxygen atoms in total. The molecule has 0 spiro atoms. The summed E-state index contributed by atoms with van der Waals surface area (Å²) < 4.78 is 17.5. The van der Waals surface area contributed by atoms with Crippen LogP contribution < -0.4 is 15.2 Å². The molecule has 4 aromatic rings. The van der Waals surface area contributed by atoms with E-state index >= 15 is 0 Å². The fourth-order valence-corrected chi connectivity index (χ4v) is 3.50. The highest BCUT2D eigenvalue weighted by atomic mass is 16.5. The third-order valence-electron chi connectivity index (χ3n) is 4.98. The average molecular weight is 389 g/mol. The predicted octanol–water partition coefficient (Wildman–Crippen LogP) is 3.15. The number of nitrogens with zero attached hydrogens (tertiary/aromatic N) is 3. The second kappa shape index (κ2) is 7.52. The second-order valence-electron chi connectivity index (χ2n) is 6.85. The third-order valence-corrected chi connectivity index (χ3v) is 4.98. The first kappa shape index (κ1) is 17.6. The van der Waals surface area contributed by atoms with Gasteiger partial charge in [-0.25, -0.2) is 0 Å². The number of benzene rings is 2.